The fourth-order valence-corrected chi connectivity index (χ4v) is 2.49. The van der Waals surface area contributed by atoms with Crippen molar-refractivity contribution in [3.05, 3.63) is 23.8 Å². The van der Waals surface area contributed by atoms with Crippen LogP contribution in [0.2, 0.25) is 0 Å². The van der Waals surface area contributed by atoms with Gasteiger partial charge in [-0.05, 0) is 49.8 Å². The van der Waals surface area contributed by atoms with Crippen LogP contribution >= 0.6 is 0 Å². The molecule has 0 radical (unpaired) electrons. The van der Waals surface area contributed by atoms with Crippen LogP contribution in [0.4, 0.5) is 11.4 Å². The molecule has 3 nitrogen and oxygen atoms in total. The molecule has 0 amide bonds. The molecule has 1 aliphatic heterocycles. The number of rotatable bonds is 5. The molecule has 0 fully saturated rings. The number of fused-ring (bicyclic) bond motifs is 1. The van der Waals surface area contributed by atoms with E-state index in [-0.39, 0.29) is 0 Å². The Bertz CT molecular complexity index is 365. The quantitative estimate of drug-likeness (QED) is 0.606. The Hall–Kier alpha value is -1.22. The Kier molecular flexibility index (Phi) is 4.26. The molecule has 1 aromatic carbocycles. The molecule has 3 heteroatoms. The Morgan fingerprint density at radius 3 is 2.94 bits per heavy atom. The lowest BCUT2D eigenvalue weighted by molar-refractivity contribution is 0.283. The number of unbranched alkanes of at least 4 members (excludes halogenated alkanes) is 2. The summed E-state index contributed by atoms with van der Waals surface area (Å²) in [4.78, 5) is 2.44. The zero-order valence-electron chi connectivity index (χ0n) is 10.4. The monoisotopic (exact) mass is 234 g/mol. The number of anilines is 2. The van der Waals surface area contributed by atoms with Crippen LogP contribution in [0.3, 0.4) is 0 Å². The van der Waals surface area contributed by atoms with Crippen molar-refractivity contribution in [2.75, 3.05) is 30.3 Å². The third-order valence-corrected chi connectivity index (χ3v) is 3.41. The lowest BCUT2D eigenvalue weighted by Crippen LogP contribution is -2.30. The lowest BCUT2D eigenvalue weighted by Gasteiger charge is -2.31. The van der Waals surface area contributed by atoms with Crippen LogP contribution < -0.4 is 10.6 Å². The van der Waals surface area contributed by atoms with Crippen LogP contribution in [0.15, 0.2) is 18.2 Å². The van der Waals surface area contributed by atoms with E-state index in [9.17, 15) is 0 Å². The lowest BCUT2D eigenvalue weighted by atomic mass is 10.0. The summed E-state index contributed by atoms with van der Waals surface area (Å²) in [6, 6.07) is 6.25. The van der Waals surface area contributed by atoms with E-state index in [1.165, 1.54) is 24.1 Å². The maximum Gasteiger partial charge on any atom is 0.0431 e. The highest BCUT2D eigenvalue weighted by molar-refractivity contribution is 5.62. The molecule has 0 saturated carbocycles. The van der Waals surface area contributed by atoms with Gasteiger partial charge in [-0.15, -0.1) is 0 Å². The highest BCUT2D eigenvalue weighted by Crippen LogP contribution is 2.29. The highest BCUT2D eigenvalue weighted by atomic mass is 16.2. The van der Waals surface area contributed by atoms with Crippen LogP contribution in [0, 0.1) is 0 Å². The molecule has 3 N–H and O–H groups in total. The minimum atomic E-state index is 0.309. The summed E-state index contributed by atoms with van der Waals surface area (Å²) < 4.78 is 0. The molecule has 1 aliphatic rings. The number of nitrogens with two attached hydrogens (primary N) is 1. The molecule has 0 aromatic heterocycles. The zero-order valence-corrected chi connectivity index (χ0v) is 10.4. The minimum absolute atomic E-state index is 0.309. The number of nitrogens with zero attached hydrogens (tertiary/aromatic N) is 1. The Labute approximate surface area is 103 Å². The van der Waals surface area contributed by atoms with Crippen molar-refractivity contribution in [1.29, 1.82) is 0 Å². The molecule has 1 aromatic rings. The maximum absolute atomic E-state index is 8.77. The minimum Gasteiger partial charge on any atom is -0.399 e. The van der Waals surface area contributed by atoms with E-state index >= 15 is 0 Å². The van der Waals surface area contributed by atoms with Gasteiger partial charge >= 0.3 is 0 Å². The van der Waals surface area contributed by atoms with Gasteiger partial charge in [0.1, 0.15) is 0 Å². The number of hydrogen-bond acceptors (Lipinski definition) is 3. The van der Waals surface area contributed by atoms with Gasteiger partial charge in [0.25, 0.3) is 0 Å². The van der Waals surface area contributed by atoms with Crippen molar-refractivity contribution >= 4 is 11.4 Å². The SMILES string of the molecule is Nc1ccc2c(c1)N(CCCCCO)CCC2. The Morgan fingerprint density at radius 1 is 1.24 bits per heavy atom. The van der Waals surface area contributed by atoms with Gasteiger partial charge < -0.3 is 15.7 Å². The topological polar surface area (TPSA) is 49.5 Å². The van der Waals surface area contributed by atoms with Crippen LogP contribution in [0.5, 0.6) is 0 Å². The van der Waals surface area contributed by atoms with Gasteiger partial charge in [0, 0.05) is 31.1 Å². The molecule has 0 saturated heterocycles. The van der Waals surface area contributed by atoms with Gasteiger partial charge in [0.15, 0.2) is 0 Å². The summed E-state index contributed by atoms with van der Waals surface area (Å²) in [7, 11) is 0. The van der Waals surface area contributed by atoms with E-state index in [1.807, 2.05) is 6.07 Å². The van der Waals surface area contributed by atoms with Crippen LogP contribution in [-0.2, 0) is 6.42 Å². The summed E-state index contributed by atoms with van der Waals surface area (Å²) in [5, 5.41) is 8.77. The molecule has 17 heavy (non-hydrogen) atoms. The van der Waals surface area contributed by atoms with E-state index in [1.54, 1.807) is 0 Å². The van der Waals surface area contributed by atoms with E-state index in [0.29, 0.717) is 6.61 Å². The first-order valence-electron chi connectivity index (χ1n) is 6.55. The smallest absolute Gasteiger partial charge is 0.0431 e. The largest absolute Gasteiger partial charge is 0.399 e. The number of hydrogen-bond donors (Lipinski definition) is 2. The highest BCUT2D eigenvalue weighted by Gasteiger charge is 2.16. The standard InChI is InChI=1S/C14H22N2O/c15-13-7-6-12-5-4-9-16(14(12)11-13)8-2-1-3-10-17/h6-7,11,17H,1-5,8-10,15H2. The molecular weight excluding hydrogens is 212 g/mol. The third-order valence-electron chi connectivity index (χ3n) is 3.41. The van der Waals surface area contributed by atoms with Crippen molar-refractivity contribution in [3.8, 4) is 0 Å². The molecule has 1 heterocycles. The van der Waals surface area contributed by atoms with Gasteiger partial charge in [-0.1, -0.05) is 6.07 Å². The van der Waals surface area contributed by atoms with Crippen molar-refractivity contribution in [3.63, 3.8) is 0 Å². The van der Waals surface area contributed by atoms with E-state index in [2.05, 4.69) is 17.0 Å². The van der Waals surface area contributed by atoms with Crippen molar-refractivity contribution < 1.29 is 5.11 Å². The number of aliphatic hydroxyl groups is 1. The van der Waals surface area contributed by atoms with E-state index in [0.717, 1.165) is 38.0 Å². The summed E-state index contributed by atoms with van der Waals surface area (Å²) in [6.07, 6.45) is 5.57. The molecule has 0 aliphatic carbocycles. The number of benzene rings is 1. The second-order valence-electron chi connectivity index (χ2n) is 4.76. The van der Waals surface area contributed by atoms with E-state index < -0.39 is 0 Å². The Morgan fingerprint density at radius 2 is 2.12 bits per heavy atom. The van der Waals surface area contributed by atoms with Crippen molar-refractivity contribution in [1.82, 2.24) is 0 Å². The second kappa shape index (κ2) is 5.92. The molecular formula is C14H22N2O. The maximum atomic E-state index is 8.77. The van der Waals surface area contributed by atoms with Crippen molar-refractivity contribution in [2.45, 2.75) is 32.1 Å². The first-order valence-corrected chi connectivity index (χ1v) is 6.55. The predicted octanol–water partition coefficient (Wildman–Crippen LogP) is 2.18. The first-order chi connectivity index (χ1) is 8.31. The van der Waals surface area contributed by atoms with E-state index in [4.69, 9.17) is 10.8 Å². The van der Waals surface area contributed by atoms with Gasteiger partial charge in [-0.2, -0.15) is 0 Å². The van der Waals surface area contributed by atoms with Gasteiger partial charge in [-0.25, -0.2) is 0 Å². The van der Waals surface area contributed by atoms with Gasteiger partial charge in [0.05, 0.1) is 0 Å². The predicted molar refractivity (Wildman–Crippen MR) is 72.3 cm³/mol. The molecule has 0 bridgehead atoms. The van der Waals surface area contributed by atoms with Crippen molar-refractivity contribution in [2.24, 2.45) is 0 Å². The summed E-state index contributed by atoms with van der Waals surface area (Å²) in [6.45, 7) is 2.52. The van der Waals surface area contributed by atoms with Crippen LogP contribution in [-0.4, -0.2) is 24.8 Å². The number of aliphatic hydroxyl groups excluding tert-OH is 1. The molecule has 0 unspecified atom stereocenters. The van der Waals surface area contributed by atoms with Crippen LogP contribution in [0.1, 0.15) is 31.2 Å². The fraction of sp³-hybridized carbons (Fsp3) is 0.571. The van der Waals surface area contributed by atoms with Gasteiger partial charge in [0.2, 0.25) is 0 Å². The van der Waals surface area contributed by atoms with Gasteiger partial charge in [-0.3, -0.25) is 0 Å². The third kappa shape index (κ3) is 3.13. The normalized spacial score (nSPS) is 14.8. The van der Waals surface area contributed by atoms with Crippen LogP contribution in [0.25, 0.3) is 0 Å². The Balaban J connectivity index is 1.98. The second-order valence-corrected chi connectivity index (χ2v) is 4.76. The fourth-order valence-electron chi connectivity index (χ4n) is 2.49. The average molecular weight is 234 g/mol. The molecule has 0 atom stereocenters. The molecule has 2 rings (SSSR count). The summed E-state index contributed by atoms with van der Waals surface area (Å²) >= 11 is 0. The first kappa shape index (κ1) is 12.2. The average Bonchev–Trinajstić information content (AvgIpc) is 2.35. The summed E-state index contributed by atoms with van der Waals surface area (Å²) in [5.41, 5.74) is 9.46. The number of aryl methyl sites for hydroxylation is 1. The molecule has 0 spiro atoms. The summed E-state index contributed by atoms with van der Waals surface area (Å²) in [5.74, 6) is 0. The number of nitrogen functional groups attached to an aromatic ring is 1. The zero-order chi connectivity index (χ0) is 12.1. The molecule has 94 valence electrons.